The minimum Gasteiger partial charge on any atom is -0.744 e. The van der Waals surface area contributed by atoms with Gasteiger partial charge in [-0.25, -0.2) is 8.42 Å². The fraction of sp³-hybridized carbons (Fsp3) is 0.429. The maximum absolute atomic E-state index is 10.3. The van der Waals surface area contributed by atoms with Crippen LogP contribution in [-0.2, 0) is 16.5 Å². The number of phenols is 1. The van der Waals surface area contributed by atoms with E-state index < -0.39 is 10.1 Å². The third-order valence-corrected chi connectivity index (χ3v) is 4.92. The summed E-state index contributed by atoms with van der Waals surface area (Å²) in [6, 6.07) is 14.9. The zero-order valence-corrected chi connectivity index (χ0v) is 19.2. The molecule has 27 heavy (non-hydrogen) atoms. The Balaban J connectivity index is 0.000000531. The van der Waals surface area contributed by atoms with Crippen LogP contribution < -0.4 is 29.6 Å². The summed E-state index contributed by atoms with van der Waals surface area (Å²) >= 11 is 0. The van der Waals surface area contributed by atoms with Crippen molar-refractivity contribution in [1.82, 2.24) is 0 Å². The molecule has 2 aromatic carbocycles. The van der Waals surface area contributed by atoms with Gasteiger partial charge in [-0.05, 0) is 36.6 Å². The van der Waals surface area contributed by atoms with Crippen molar-refractivity contribution in [3.63, 3.8) is 0 Å². The molecular formula is C21H29NaO4S. The number of benzene rings is 2. The van der Waals surface area contributed by atoms with Crippen LogP contribution in [0.1, 0.15) is 57.4 Å². The van der Waals surface area contributed by atoms with Crippen molar-refractivity contribution in [2.75, 3.05) is 0 Å². The number of para-hydroxylation sites is 1. The number of hydrogen-bond donors (Lipinski definition) is 1. The Morgan fingerprint density at radius 3 is 1.85 bits per heavy atom. The molecule has 0 saturated carbocycles. The minimum atomic E-state index is -4.25. The Kier molecular flexibility index (Phi) is 14.6. The van der Waals surface area contributed by atoms with Crippen LogP contribution in [0.5, 0.6) is 5.75 Å². The zero-order chi connectivity index (χ0) is 19.3. The van der Waals surface area contributed by atoms with Crippen molar-refractivity contribution < 1.29 is 47.6 Å². The van der Waals surface area contributed by atoms with Gasteiger partial charge in [0.25, 0.3) is 0 Å². The molecule has 4 nitrogen and oxygen atoms in total. The minimum absolute atomic E-state index is 0. The van der Waals surface area contributed by atoms with Crippen molar-refractivity contribution in [3.05, 3.63) is 60.2 Å². The van der Waals surface area contributed by atoms with Crippen LogP contribution in [-0.4, -0.2) is 18.1 Å². The van der Waals surface area contributed by atoms with E-state index in [1.807, 2.05) is 18.2 Å². The summed E-state index contributed by atoms with van der Waals surface area (Å²) in [7, 11) is -4.25. The van der Waals surface area contributed by atoms with E-state index in [4.69, 9.17) is 0 Å². The summed E-state index contributed by atoms with van der Waals surface area (Å²) in [5, 5.41) is 9.58. The maximum atomic E-state index is 10.3. The molecule has 0 radical (unpaired) electrons. The van der Waals surface area contributed by atoms with Crippen LogP contribution in [0.25, 0.3) is 0 Å². The molecule has 0 aliphatic carbocycles. The van der Waals surface area contributed by atoms with Crippen LogP contribution in [0.15, 0.2) is 59.5 Å². The fourth-order valence-corrected chi connectivity index (χ4v) is 3.07. The van der Waals surface area contributed by atoms with Crippen LogP contribution in [0.2, 0.25) is 0 Å². The quantitative estimate of drug-likeness (QED) is 0.398. The smallest absolute Gasteiger partial charge is 0.744 e. The van der Waals surface area contributed by atoms with E-state index in [0.29, 0.717) is 5.75 Å². The van der Waals surface area contributed by atoms with Gasteiger partial charge in [0.15, 0.2) is 0 Å². The molecule has 0 fully saturated rings. The van der Waals surface area contributed by atoms with E-state index in [2.05, 4.69) is 6.92 Å². The van der Waals surface area contributed by atoms with Gasteiger partial charge < -0.3 is 9.66 Å². The summed E-state index contributed by atoms with van der Waals surface area (Å²) in [6.45, 7) is 2.25. The van der Waals surface area contributed by atoms with Crippen molar-refractivity contribution in [2.24, 2.45) is 0 Å². The molecule has 0 aromatic heterocycles. The fourth-order valence-electron chi connectivity index (χ4n) is 2.58. The van der Waals surface area contributed by atoms with Gasteiger partial charge in [-0.3, -0.25) is 0 Å². The Bertz CT molecular complexity index is 718. The number of unbranched alkanes of at least 4 members (excludes halogenated alkanes) is 6. The van der Waals surface area contributed by atoms with Crippen molar-refractivity contribution >= 4 is 10.1 Å². The van der Waals surface area contributed by atoms with Gasteiger partial charge in [0.2, 0.25) is 0 Å². The van der Waals surface area contributed by atoms with E-state index >= 15 is 0 Å². The van der Waals surface area contributed by atoms with Gasteiger partial charge in [0.05, 0.1) is 4.90 Å². The molecule has 0 spiro atoms. The first-order valence-electron chi connectivity index (χ1n) is 9.23. The van der Waals surface area contributed by atoms with E-state index in [-0.39, 0.29) is 34.5 Å². The van der Waals surface area contributed by atoms with Gasteiger partial charge in [0.1, 0.15) is 15.9 Å². The summed E-state index contributed by atoms with van der Waals surface area (Å²) in [5.41, 5.74) is 1.09. The summed E-state index contributed by atoms with van der Waals surface area (Å²) < 4.78 is 30.8. The summed E-state index contributed by atoms with van der Waals surface area (Å²) in [4.78, 5) is -0.185. The number of aryl methyl sites for hydroxylation is 1. The van der Waals surface area contributed by atoms with Crippen LogP contribution in [0.3, 0.4) is 0 Å². The molecular weight excluding hydrogens is 371 g/mol. The third kappa shape index (κ3) is 12.3. The molecule has 0 heterocycles. The molecule has 6 heteroatoms. The van der Waals surface area contributed by atoms with Crippen LogP contribution in [0.4, 0.5) is 0 Å². The third-order valence-electron chi connectivity index (χ3n) is 4.07. The first kappa shape index (κ1) is 26.1. The molecule has 0 saturated heterocycles. The molecule has 0 amide bonds. The van der Waals surface area contributed by atoms with E-state index in [0.717, 1.165) is 12.0 Å². The first-order valence-corrected chi connectivity index (χ1v) is 10.6. The Morgan fingerprint density at radius 2 is 1.33 bits per heavy atom. The molecule has 0 aliphatic heterocycles. The van der Waals surface area contributed by atoms with Gasteiger partial charge in [-0.15, -0.1) is 0 Å². The molecule has 0 unspecified atom stereocenters. The van der Waals surface area contributed by atoms with Crippen molar-refractivity contribution in [1.29, 1.82) is 0 Å². The number of hydrogen-bond acceptors (Lipinski definition) is 4. The Morgan fingerprint density at radius 1 is 0.815 bits per heavy atom. The molecule has 2 rings (SSSR count). The number of aromatic hydroxyl groups is 1. The average Bonchev–Trinajstić information content (AvgIpc) is 2.63. The average molecular weight is 401 g/mol. The topological polar surface area (TPSA) is 77.4 Å². The predicted octanol–water partition coefficient (Wildman–Crippen LogP) is 2.28. The maximum Gasteiger partial charge on any atom is 1.00 e. The molecule has 144 valence electrons. The zero-order valence-electron chi connectivity index (χ0n) is 16.4. The molecule has 2 aromatic rings. The molecule has 0 bridgehead atoms. The van der Waals surface area contributed by atoms with Gasteiger partial charge in [0, 0.05) is 0 Å². The number of rotatable bonds is 9. The van der Waals surface area contributed by atoms with Crippen molar-refractivity contribution in [3.8, 4) is 5.75 Å². The standard InChI is InChI=1S/C15H24O.C6H6O3S.Na/c1-2-3-4-5-6-7-8-11-14-12-9-10-13-15(14)16;7-10(8,9)6-4-2-1-3-5-6;/h9-10,12-13,16H,2-8,11H2,1H3;1-5H,(H,7,8,9);/q;;+1/p-1. The second-order valence-corrected chi connectivity index (χ2v) is 7.65. The van der Waals surface area contributed by atoms with Gasteiger partial charge in [-0.1, -0.05) is 81.8 Å². The molecule has 0 aliphatic rings. The van der Waals surface area contributed by atoms with Crippen LogP contribution >= 0.6 is 0 Å². The van der Waals surface area contributed by atoms with E-state index in [9.17, 15) is 18.1 Å². The summed E-state index contributed by atoms with van der Waals surface area (Å²) in [5.74, 6) is 0.452. The van der Waals surface area contributed by atoms with Gasteiger partial charge >= 0.3 is 29.6 Å². The molecule has 0 atom stereocenters. The van der Waals surface area contributed by atoms with Gasteiger partial charge in [-0.2, -0.15) is 0 Å². The van der Waals surface area contributed by atoms with E-state index in [1.54, 1.807) is 12.1 Å². The largest absolute Gasteiger partial charge is 1.00 e. The Hall–Kier alpha value is -0.850. The second-order valence-electron chi connectivity index (χ2n) is 6.27. The second kappa shape index (κ2) is 15.1. The van der Waals surface area contributed by atoms with Crippen LogP contribution in [0, 0.1) is 0 Å². The summed E-state index contributed by atoms with van der Waals surface area (Å²) in [6.07, 6.45) is 10.3. The number of phenolic OH excluding ortho intramolecular Hbond substituents is 1. The molecule has 1 N–H and O–H groups in total. The monoisotopic (exact) mass is 400 g/mol. The predicted molar refractivity (Wildman–Crippen MR) is 104 cm³/mol. The van der Waals surface area contributed by atoms with Crippen molar-refractivity contribution in [2.45, 2.75) is 63.2 Å². The van der Waals surface area contributed by atoms with E-state index in [1.165, 1.54) is 69.2 Å². The normalized spacial score (nSPS) is 10.4. The first-order chi connectivity index (χ1) is 12.4. The SMILES string of the molecule is CCCCCCCCCc1ccccc1O.O=S(=O)([O-])c1ccccc1.[Na+]. The Labute approximate surface area is 186 Å².